The van der Waals surface area contributed by atoms with Crippen LogP contribution in [0.25, 0.3) is 0 Å². The number of hydrogen-bond acceptors (Lipinski definition) is 3. The lowest BCUT2D eigenvalue weighted by molar-refractivity contribution is 0.387. The molecule has 0 saturated carbocycles. The summed E-state index contributed by atoms with van der Waals surface area (Å²) < 4.78 is 53.9. The van der Waals surface area contributed by atoms with E-state index in [1.165, 1.54) is 40.5 Å². The van der Waals surface area contributed by atoms with Crippen molar-refractivity contribution in [3.05, 3.63) is 35.4 Å². The maximum absolute atomic E-state index is 13.8. The van der Waals surface area contributed by atoms with E-state index in [9.17, 15) is 17.2 Å². The van der Waals surface area contributed by atoms with Crippen LogP contribution in [-0.4, -0.2) is 50.0 Å². The van der Waals surface area contributed by atoms with Crippen LogP contribution in [0.5, 0.6) is 0 Å². The first-order valence-corrected chi connectivity index (χ1v) is 9.01. The number of benzene rings is 1. The minimum Gasteiger partial charge on any atom is -0.207 e. The van der Waals surface area contributed by atoms with E-state index >= 15 is 0 Å². The van der Waals surface area contributed by atoms with Crippen LogP contribution in [-0.2, 0) is 10.2 Å². The molecule has 0 radical (unpaired) electrons. The molecule has 4 nitrogen and oxygen atoms in total. The molecule has 1 aromatic carbocycles. The SMILES string of the molecule is CN(C)S(=O)(=O)N1CCS[C@@H](c2cc(F)ccc2F)CC1. The summed E-state index contributed by atoms with van der Waals surface area (Å²) in [6.45, 7) is 0.673. The number of hydrogen-bond donors (Lipinski definition) is 0. The molecule has 1 heterocycles. The van der Waals surface area contributed by atoms with Gasteiger partial charge in [0.15, 0.2) is 0 Å². The predicted molar refractivity (Wildman–Crippen MR) is 80.4 cm³/mol. The van der Waals surface area contributed by atoms with Crippen LogP contribution in [0.15, 0.2) is 18.2 Å². The highest BCUT2D eigenvalue weighted by Gasteiger charge is 2.29. The van der Waals surface area contributed by atoms with Crippen molar-refractivity contribution in [3.8, 4) is 0 Å². The Bertz CT molecular complexity index is 608. The number of halogens is 2. The summed E-state index contributed by atoms with van der Waals surface area (Å²) in [5, 5.41) is -0.233. The van der Waals surface area contributed by atoms with Crippen molar-refractivity contribution in [1.82, 2.24) is 8.61 Å². The van der Waals surface area contributed by atoms with Crippen LogP contribution in [0, 0.1) is 11.6 Å². The Hall–Kier alpha value is -0.700. The molecular formula is C13H18F2N2O2S2. The molecule has 1 fully saturated rings. The van der Waals surface area contributed by atoms with Gasteiger partial charge >= 0.3 is 0 Å². The zero-order chi connectivity index (χ0) is 15.6. The fraction of sp³-hybridized carbons (Fsp3) is 0.538. The molecule has 0 bridgehead atoms. The van der Waals surface area contributed by atoms with Gasteiger partial charge in [-0.05, 0) is 24.6 Å². The Morgan fingerprint density at radius 3 is 2.67 bits per heavy atom. The molecule has 0 amide bonds. The summed E-state index contributed by atoms with van der Waals surface area (Å²) >= 11 is 1.46. The van der Waals surface area contributed by atoms with Gasteiger partial charge < -0.3 is 0 Å². The molecule has 1 atom stereocenters. The minimum atomic E-state index is -3.46. The van der Waals surface area contributed by atoms with Crippen molar-refractivity contribution in [2.45, 2.75) is 11.7 Å². The maximum Gasteiger partial charge on any atom is 0.281 e. The topological polar surface area (TPSA) is 40.6 Å². The van der Waals surface area contributed by atoms with E-state index in [2.05, 4.69) is 0 Å². The smallest absolute Gasteiger partial charge is 0.207 e. The lowest BCUT2D eigenvalue weighted by Crippen LogP contribution is -2.41. The van der Waals surface area contributed by atoms with E-state index in [0.29, 0.717) is 30.8 Å². The highest BCUT2D eigenvalue weighted by atomic mass is 32.2. The van der Waals surface area contributed by atoms with Gasteiger partial charge in [0.1, 0.15) is 11.6 Å². The van der Waals surface area contributed by atoms with E-state index in [4.69, 9.17) is 0 Å². The fourth-order valence-corrected chi connectivity index (χ4v) is 4.70. The third kappa shape index (κ3) is 3.74. The van der Waals surface area contributed by atoms with Gasteiger partial charge in [0, 0.05) is 43.8 Å². The first kappa shape index (κ1) is 16.7. The Balaban J connectivity index is 2.16. The summed E-state index contributed by atoms with van der Waals surface area (Å²) in [6, 6.07) is 3.40. The molecule has 1 aliphatic heterocycles. The van der Waals surface area contributed by atoms with Crippen molar-refractivity contribution < 1.29 is 17.2 Å². The van der Waals surface area contributed by atoms with Crippen LogP contribution in [0.3, 0.4) is 0 Å². The highest BCUT2D eigenvalue weighted by molar-refractivity contribution is 7.99. The largest absolute Gasteiger partial charge is 0.281 e. The van der Waals surface area contributed by atoms with Gasteiger partial charge in [0.25, 0.3) is 10.2 Å². The van der Waals surface area contributed by atoms with Crippen LogP contribution < -0.4 is 0 Å². The van der Waals surface area contributed by atoms with Gasteiger partial charge in [0.2, 0.25) is 0 Å². The Morgan fingerprint density at radius 1 is 1.29 bits per heavy atom. The fourth-order valence-electron chi connectivity index (χ4n) is 2.22. The van der Waals surface area contributed by atoms with Gasteiger partial charge in [-0.15, -0.1) is 0 Å². The molecule has 0 N–H and O–H groups in total. The molecule has 0 aromatic heterocycles. The molecule has 0 aliphatic carbocycles. The van der Waals surface area contributed by atoms with E-state index in [-0.39, 0.29) is 5.25 Å². The standard InChI is InChI=1S/C13H18F2N2O2S2/c1-16(2)21(18,19)17-6-5-13(20-8-7-17)11-9-10(14)3-4-12(11)15/h3-4,9,13H,5-8H2,1-2H3/t13-/m1/s1. The van der Waals surface area contributed by atoms with Crippen molar-refractivity contribution in [2.24, 2.45) is 0 Å². The molecule has 0 spiro atoms. The highest BCUT2D eigenvalue weighted by Crippen LogP contribution is 2.36. The van der Waals surface area contributed by atoms with Gasteiger partial charge in [-0.25, -0.2) is 8.78 Å². The summed E-state index contributed by atoms with van der Waals surface area (Å²) in [4.78, 5) is 0. The molecule has 8 heteroatoms. The number of nitrogens with zero attached hydrogens (tertiary/aromatic N) is 2. The maximum atomic E-state index is 13.8. The molecule has 21 heavy (non-hydrogen) atoms. The molecule has 1 aromatic rings. The van der Waals surface area contributed by atoms with Gasteiger partial charge in [-0.2, -0.15) is 28.8 Å². The number of rotatable bonds is 3. The zero-order valence-corrected chi connectivity index (χ0v) is 13.6. The average molecular weight is 336 g/mol. The van der Waals surface area contributed by atoms with E-state index in [0.717, 1.165) is 12.1 Å². The van der Waals surface area contributed by atoms with Gasteiger partial charge in [-0.1, -0.05) is 0 Å². The lowest BCUT2D eigenvalue weighted by Gasteiger charge is -2.23. The van der Waals surface area contributed by atoms with Crippen LogP contribution in [0.2, 0.25) is 0 Å². The predicted octanol–water partition coefficient (Wildman–Crippen LogP) is 2.25. The summed E-state index contributed by atoms with van der Waals surface area (Å²) in [5.74, 6) is -0.375. The monoisotopic (exact) mass is 336 g/mol. The summed E-state index contributed by atoms with van der Waals surface area (Å²) in [6.07, 6.45) is 0.456. The molecule has 2 rings (SSSR count). The Kier molecular flexibility index (Phi) is 5.24. The zero-order valence-electron chi connectivity index (χ0n) is 11.9. The number of thioether (sulfide) groups is 1. The second-order valence-corrected chi connectivity index (χ2v) is 8.46. The van der Waals surface area contributed by atoms with Crippen LogP contribution in [0.4, 0.5) is 8.78 Å². The second kappa shape index (κ2) is 6.60. The molecule has 118 valence electrons. The van der Waals surface area contributed by atoms with E-state index in [1.54, 1.807) is 0 Å². The van der Waals surface area contributed by atoms with Gasteiger partial charge in [0.05, 0.1) is 0 Å². The lowest BCUT2D eigenvalue weighted by atomic mass is 10.1. The summed E-state index contributed by atoms with van der Waals surface area (Å²) in [5.41, 5.74) is 0.309. The van der Waals surface area contributed by atoms with Crippen LogP contribution in [0.1, 0.15) is 17.2 Å². The average Bonchev–Trinajstić information content (AvgIpc) is 2.67. The van der Waals surface area contributed by atoms with Gasteiger partial charge in [-0.3, -0.25) is 0 Å². The minimum absolute atomic E-state index is 0.233. The molecule has 1 saturated heterocycles. The first-order valence-electron chi connectivity index (χ1n) is 6.56. The van der Waals surface area contributed by atoms with Crippen molar-refractivity contribution >= 4 is 22.0 Å². The molecular weight excluding hydrogens is 318 g/mol. The summed E-state index contributed by atoms with van der Waals surface area (Å²) in [7, 11) is -0.495. The van der Waals surface area contributed by atoms with Crippen molar-refractivity contribution in [2.75, 3.05) is 32.9 Å². The quantitative estimate of drug-likeness (QED) is 0.850. The first-order chi connectivity index (χ1) is 9.82. The van der Waals surface area contributed by atoms with E-state index in [1.807, 2.05) is 0 Å². The second-order valence-electron chi connectivity index (χ2n) is 5.00. The molecule has 0 unspecified atom stereocenters. The van der Waals surface area contributed by atoms with Crippen molar-refractivity contribution in [3.63, 3.8) is 0 Å². The Morgan fingerprint density at radius 2 is 2.00 bits per heavy atom. The molecule has 1 aliphatic rings. The van der Waals surface area contributed by atoms with Crippen LogP contribution >= 0.6 is 11.8 Å². The normalized spacial score (nSPS) is 21.5. The van der Waals surface area contributed by atoms with E-state index < -0.39 is 21.8 Å². The third-order valence-corrected chi connectivity index (χ3v) is 6.64. The van der Waals surface area contributed by atoms with Crippen molar-refractivity contribution in [1.29, 1.82) is 0 Å². The Labute approximate surface area is 128 Å². The third-order valence-electron chi connectivity index (χ3n) is 3.39.